The molecule has 0 spiro atoms. The third-order valence-electron chi connectivity index (χ3n) is 4.97. The molecular formula is C23H20IN5O2. The third kappa shape index (κ3) is 4.91. The zero-order chi connectivity index (χ0) is 21.8. The average Bonchev–Trinajstić information content (AvgIpc) is 3.21. The number of rotatable bonds is 7. The van der Waals surface area contributed by atoms with Gasteiger partial charge in [-0.25, -0.2) is 4.98 Å². The van der Waals surface area contributed by atoms with E-state index < -0.39 is 11.9 Å². The van der Waals surface area contributed by atoms with Crippen LogP contribution in [0.15, 0.2) is 67.0 Å². The molecule has 4 aromatic rings. The highest BCUT2D eigenvalue weighted by molar-refractivity contribution is 14.1. The normalized spacial score (nSPS) is 11.9. The maximum Gasteiger partial charge on any atom is 0.254 e. The predicted molar refractivity (Wildman–Crippen MR) is 127 cm³/mol. The van der Waals surface area contributed by atoms with Gasteiger partial charge in [-0.2, -0.15) is 0 Å². The number of hydrogen-bond donors (Lipinski definition) is 3. The molecule has 2 heterocycles. The Morgan fingerprint density at radius 3 is 2.61 bits per heavy atom. The van der Waals surface area contributed by atoms with Gasteiger partial charge < -0.3 is 16.0 Å². The highest BCUT2D eigenvalue weighted by Crippen LogP contribution is 2.22. The molecule has 2 amide bonds. The lowest BCUT2D eigenvalue weighted by Crippen LogP contribution is -2.44. The van der Waals surface area contributed by atoms with Gasteiger partial charge in [0.25, 0.3) is 5.91 Å². The van der Waals surface area contributed by atoms with Gasteiger partial charge in [-0.15, -0.1) is 0 Å². The van der Waals surface area contributed by atoms with Gasteiger partial charge in [0.15, 0.2) is 0 Å². The Labute approximate surface area is 192 Å². The van der Waals surface area contributed by atoms with Crippen molar-refractivity contribution in [3.8, 4) is 11.4 Å². The van der Waals surface area contributed by atoms with E-state index in [9.17, 15) is 9.59 Å². The van der Waals surface area contributed by atoms with Crippen LogP contribution in [-0.2, 0) is 11.2 Å². The van der Waals surface area contributed by atoms with Crippen LogP contribution in [-0.4, -0.2) is 32.8 Å². The maximum absolute atomic E-state index is 13.0. The summed E-state index contributed by atoms with van der Waals surface area (Å²) in [5, 5.41) is 2.78. The van der Waals surface area contributed by atoms with E-state index in [1.807, 2.05) is 42.5 Å². The summed E-state index contributed by atoms with van der Waals surface area (Å²) in [5.74, 6) is -0.307. The molecule has 0 fully saturated rings. The van der Waals surface area contributed by atoms with Crippen molar-refractivity contribution >= 4 is 45.4 Å². The van der Waals surface area contributed by atoms with E-state index in [-0.39, 0.29) is 5.91 Å². The van der Waals surface area contributed by atoms with Crippen LogP contribution < -0.4 is 11.1 Å². The van der Waals surface area contributed by atoms with Crippen LogP contribution in [0, 0.1) is 3.57 Å². The summed E-state index contributed by atoms with van der Waals surface area (Å²) in [5.41, 5.74) is 9.17. The van der Waals surface area contributed by atoms with Crippen LogP contribution in [0.3, 0.4) is 0 Å². The largest absolute Gasteiger partial charge is 0.368 e. The van der Waals surface area contributed by atoms with Gasteiger partial charge in [0.1, 0.15) is 17.4 Å². The molecule has 4 N–H and O–H groups in total. The standard InChI is InChI=1S/C23H20IN5O2/c24-16-4-1-3-14(13-16)7-8-19(21(25)30)28-23(31)17-5-2-6-18-20(17)29-22(27-18)15-9-11-26-12-10-15/h1-6,9-13,19H,7-8H2,(H2,25,30)(H,27,29)(H,28,31)/t19-/m0/s1. The summed E-state index contributed by atoms with van der Waals surface area (Å²) in [6.45, 7) is 0. The Bertz CT molecular complexity index is 1240. The predicted octanol–water partition coefficient (Wildman–Crippen LogP) is 3.45. The zero-order valence-corrected chi connectivity index (χ0v) is 18.7. The second-order valence-electron chi connectivity index (χ2n) is 7.12. The molecule has 0 saturated heterocycles. The summed E-state index contributed by atoms with van der Waals surface area (Å²) in [7, 11) is 0. The lowest BCUT2D eigenvalue weighted by atomic mass is 10.0. The first-order chi connectivity index (χ1) is 15.0. The number of aryl methyl sites for hydroxylation is 1. The Morgan fingerprint density at radius 2 is 1.87 bits per heavy atom. The van der Waals surface area contributed by atoms with Crippen LogP contribution in [0.4, 0.5) is 0 Å². The van der Waals surface area contributed by atoms with Crippen molar-refractivity contribution in [3.63, 3.8) is 0 Å². The van der Waals surface area contributed by atoms with E-state index in [4.69, 9.17) is 5.73 Å². The van der Waals surface area contributed by atoms with E-state index in [1.54, 1.807) is 24.5 Å². The molecule has 156 valence electrons. The number of aromatic nitrogens is 3. The molecule has 4 rings (SSSR count). The van der Waals surface area contributed by atoms with Gasteiger partial charge in [-0.3, -0.25) is 14.6 Å². The van der Waals surface area contributed by atoms with Crippen LogP contribution in [0.1, 0.15) is 22.3 Å². The minimum absolute atomic E-state index is 0.384. The van der Waals surface area contributed by atoms with Crippen LogP contribution >= 0.6 is 22.6 Å². The van der Waals surface area contributed by atoms with E-state index in [2.05, 4.69) is 42.9 Å². The number of nitrogens with two attached hydrogens (primary N) is 1. The summed E-state index contributed by atoms with van der Waals surface area (Å²) < 4.78 is 1.12. The second kappa shape index (κ2) is 9.25. The Kier molecular flexibility index (Phi) is 6.26. The number of para-hydroxylation sites is 1. The number of primary amides is 1. The van der Waals surface area contributed by atoms with Gasteiger partial charge in [0, 0.05) is 21.5 Å². The molecule has 2 aromatic carbocycles. The topological polar surface area (TPSA) is 114 Å². The van der Waals surface area contributed by atoms with Gasteiger partial charge in [0.2, 0.25) is 5.91 Å². The first-order valence-electron chi connectivity index (χ1n) is 9.75. The number of halogens is 1. The number of carbonyl (C=O) groups excluding carboxylic acids is 2. The molecule has 0 aliphatic carbocycles. The van der Waals surface area contributed by atoms with Gasteiger partial charge in [0.05, 0.1) is 11.1 Å². The minimum Gasteiger partial charge on any atom is -0.368 e. The quantitative estimate of drug-likeness (QED) is 0.321. The Hall–Kier alpha value is -3.27. The smallest absolute Gasteiger partial charge is 0.254 e. The number of amides is 2. The second-order valence-corrected chi connectivity index (χ2v) is 8.37. The van der Waals surface area contributed by atoms with Gasteiger partial charge in [-0.1, -0.05) is 18.2 Å². The molecule has 7 nitrogen and oxygen atoms in total. The molecule has 8 heteroatoms. The first-order valence-corrected chi connectivity index (χ1v) is 10.8. The Balaban J connectivity index is 1.54. The first kappa shape index (κ1) is 21.0. The van der Waals surface area contributed by atoms with Gasteiger partial charge in [-0.05, 0) is 77.4 Å². The number of carbonyl (C=O) groups is 2. The average molecular weight is 525 g/mol. The van der Waals surface area contributed by atoms with E-state index >= 15 is 0 Å². The molecule has 0 radical (unpaired) electrons. The fourth-order valence-electron chi connectivity index (χ4n) is 3.39. The van der Waals surface area contributed by atoms with Crippen LogP contribution in [0.5, 0.6) is 0 Å². The van der Waals surface area contributed by atoms with Crippen molar-refractivity contribution in [1.29, 1.82) is 0 Å². The summed E-state index contributed by atoms with van der Waals surface area (Å²) in [6, 6.07) is 16.2. The number of hydrogen-bond acceptors (Lipinski definition) is 4. The Morgan fingerprint density at radius 1 is 1.10 bits per heavy atom. The fraction of sp³-hybridized carbons (Fsp3) is 0.130. The van der Waals surface area contributed by atoms with Crippen molar-refractivity contribution in [3.05, 3.63) is 81.7 Å². The molecule has 0 aliphatic heterocycles. The van der Waals surface area contributed by atoms with Gasteiger partial charge >= 0.3 is 0 Å². The van der Waals surface area contributed by atoms with Crippen LogP contribution in [0.25, 0.3) is 22.4 Å². The number of benzene rings is 2. The van der Waals surface area contributed by atoms with E-state index in [1.165, 1.54) is 0 Å². The highest BCUT2D eigenvalue weighted by Gasteiger charge is 2.21. The highest BCUT2D eigenvalue weighted by atomic mass is 127. The minimum atomic E-state index is -0.778. The number of aromatic amines is 1. The number of nitrogens with zero attached hydrogens (tertiary/aromatic N) is 2. The lowest BCUT2D eigenvalue weighted by Gasteiger charge is -2.16. The van der Waals surface area contributed by atoms with Crippen molar-refractivity contribution in [1.82, 2.24) is 20.3 Å². The monoisotopic (exact) mass is 525 g/mol. The third-order valence-corrected chi connectivity index (χ3v) is 5.64. The molecule has 0 unspecified atom stereocenters. The number of imidazole rings is 1. The summed E-state index contributed by atoms with van der Waals surface area (Å²) in [4.78, 5) is 36.8. The fourth-order valence-corrected chi connectivity index (χ4v) is 3.99. The number of nitrogens with one attached hydrogen (secondary N) is 2. The van der Waals surface area contributed by atoms with Crippen molar-refractivity contribution in [2.24, 2.45) is 5.73 Å². The molecule has 0 aliphatic rings. The number of fused-ring (bicyclic) bond motifs is 1. The van der Waals surface area contributed by atoms with Crippen molar-refractivity contribution in [2.75, 3.05) is 0 Å². The molecule has 31 heavy (non-hydrogen) atoms. The van der Waals surface area contributed by atoms with Crippen molar-refractivity contribution in [2.45, 2.75) is 18.9 Å². The molecule has 0 saturated carbocycles. The van der Waals surface area contributed by atoms with E-state index in [0.29, 0.717) is 29.7 Å². The molecular weight excluding hydrogens is 505 g/mol. The number of pyridine rings is 1. The summed E-state index contributed by atoms with van der Waals surface area (Å²) in [6.07, 6.45) is 4.41. The molecule has 2 aromatic heterocycles. The van der Waals surface area contributed by atoms with Crippen molar-refractivity contribution < 1.29 is 9.59 Å². The van der Waals surface area contributed by atoms with E-state index in [0.717, 1.165) is 20.2 Å². The summed E-state index contributed by atoms with van der Waals surface area (Å²) >= 11 is 2.24. The SMILES string of the molecule is NC(=O)[C@H](CCc1cccc(I)c1)NC(=O)c1cccc2[nH]c(-c3ccncc3)nc12. The molecule has 1 atom stereocenters. The number of H-pyrrole nitrogens is 1. The lowest BCUT2D eigenvalue weighted by molar-refractivity contribution is -0.120. The molecule has 0 bridgehead atoms. The zero-order valence-electron chi connectivity index (χ0n) is 16.5. The maximum atomic E-state index is 13.0. The van der Waals surface area contributed by atoms with Crippen LogP contribution in [0.2, 0.25) is 0 Å².